The van der Waals surface area contributed by atoms with E-state index in [-0.39, 0.29) is 36.6 Å². The van der Waals surface area contributed by atoms with Gasteiger partial charge in [-0.25, -0.2) is 0 Å². The summed E-state index contributed by atoms with van der Waals surface area (Å²) < 4.78 is 0. The number of hydrogen-bond acceptors (Lipinski definition) is 5. The van der Waals surface area contributed by atoms with Crippen LogP contribution in [0.4, 0.5) is 4.79 Å². The number of nitrogens with one attached hydrogen (secondary N) is 2. The first-order valence-electron chi connectivity index (χ1n) is 9.09. The summed E-state index contributed by atoms with van der Waals surface area (Å²) in [5, 5.41) is 3.45. The standard InChI is InChI=1S/C21H18N4O3S/c26-19(11-15-13-24-17-6-2-1-5-16(15)17)23-8-9-25-20(27)18(29-21(25)28)10-14-4-3-7-22-12-14/h1-7,10,12-13,24H,8-9,11H2,(H,23,26)/b18-10-. The minimum atomic E-state index is -0.352. The Kier molecular flexibility index (Phi) is 5.44. The molecule has 1 saturated heterocycles. The SMILES string of the molecule is O=C(Cc1c[nH]c2ccccc12)NCCN1C(=O)S/C(=C\c2cccnc2)C1=O. The monoisotopic (exact) mass is 406 g/mol. The molecule has 1 aromatic carbocycles. The van der Waals surface area contributed by atoms with Crippen molar-refractivity contribution in [3.8, 4) is 0 Å². The lowest BCUT2D eigenvalue weighted by Gasteiger charge is -2.13. The van der Waals surface area contributed by atoms with Crippen molar-refractivity contribution in [3.63, 3.8) is 0 Å². The molecule has 1 fully saturated rings. The summed E-state index contributed by atoms with van der Waals surface area (Å²) in [7, 11) is 0. The van der Waals surface area contributed by atoms with Crippen LogP contribution in [0.2, 0.25) is 0 Å². The Labute approximate surface area is 171 Å². The van der Waals surface area contributed by atoms with Gasteiger partial charge in [-0.05, 0) is 41.1 Å². The van der Waals surface area contributed by atoms with Gasteiger partial charge >= 0.3 is 0 Å². The molecule has 2 N–H and O–H groups in total. The van der Waals surface area contributed by atoms with E-state index >= 15 is 0 Å². The number of imide groups is 1. The highest BCUT2D eigenvalue weighted by atomic mass is 32.2. The van der Waals surface area contributed by atoms with Crippen molar-refractivity contribution >= 4 is 45.8 Å². The van der Waals surface area contributed by atoms with Crippen LogP contribution in [0, 0.1) is 0 Å². The molecule has 0 atom stereocenters. The van der Waals surface area contributed by atoms with Gasteiger partial charge in [-0.2, -0.15) is 0 Å². The smallest absolute Gasteiger partial charge is 0.293 e. The number of fused-ring (bicyclic) bond motifs is 1. The Morgan fingerprint density at radius 1 is 1.21 bits per heavy atom. The van der Waals surface area contributed by atoms with Gasteiger partial charge in [-0.1, -0.05) is 24.3 Å². The molecule has 0 unspecified atom stereocenters. The predicted octanol–water partition coefficient (Wildman–Crippen LogP) is 2.96. The number of nitrogens with zero attached hydrogens (tertiary/aromatic N) is 2. The summed E-state index contributed by atoms with van der Waals surface area (Å²) in [6, 6.07) is 11.3. The fourth-order valence-electron chi connectivity index (χ4n) is 3.13. The lowest BCUT2D eigenvalue weighted by Crippen LogP contribution is -2.37. The van der Waals surface area contributed by atoms with Crippen molar-refractivity contribution in [2.24, 2.45) is 0 Å². The van der Waals surface area contributed by atoms with Crippen LogP contribution in [-0.2, 0) is 16.0 Å². The second-order valence-electron chi connectivity index (χ2n) is 6.51. The zero-order chi connectivity index (χ0) is 20.2. The van der Waals surface area contributed by atoms with E-state index in [2.05, 4.69) is 15.3 Å². The fraction of sp³-hybridized carbons (Fsp3) is 0.143. The number of aromatic nitrogens is 2. The molecule has 3 heterocycles. The van der Waals surface area contributed by atoms with Gasteiger partial charge in [0.1, 0.15) is 0 Å². The summed E-state index contributed by atoms with van der Waals surface area (Å²) >= 11 is 0.895. The largest absolute Gasteiger partial charge is 0.361 e. The number of H-pyrrole nitrogens is 1. The van der Waals surface area contributed by atoms with Gasteiger partial charge in [0.05, 0.1) is 11.3 Å². The van der Waals surface area contributed by atoms with Gasteiger partial charge < -0.3 is 10.3 Å². The van der Waals surface area contributed by atoms with Crippen molar-refractivity contribution in [2.45, 2.75) is 6.42 Å². The van der Waals surface area contributed by atoms with Crippen molar-refractivity contribution < 1.29 is 14.4 Å². The molecule has 7 nitrogen and oxygen atoms in total. The predicted molar refractivity (Wildman–Crippen MR) is 112 cm³/mol. The van der Waals surface area contributed by atoms with Crippen LogP contribution in [0.3, 0.4) is 0 Å². The first-order chi connectivity index (χ1) is 14.1. The Morgan fingerprint density at radius 2 is 2.07 bits per heavy atom. The van der Waals surface area contributed by atoms with Crippen LogP contribution >= 0.6 is 11.8 Å². The van der Waals surface area contributed by atoms with E-state index in [1.807, 2.05) is 36.5 Å². The van der Waals surface area contributed by atoms with E-state index in [4.69, 9.17) is 0 Å². The molecule has 4 rings (SSSR count). The molecule has 2 aromatic heterocycles. The molecule has 146 valence electrons. The summed E-state index contributed by atoms with van der Waals surface area (Å²) in [5.41, 5.74) is 2.64. The normalized spacial score (nSPS) is 15.4. The zero-order valence-electron chi connectivity index (χ0n) is 15.4. The number of para-hydroxylation sites is 1. The van der Waals surface area contributed by atoms with Gasteiger partial charge in [-0.15, -0.1) is 0 Å². The van der Waals surface area contributed by atoms with Gasteiger partial charge in [0.2, 0.25) is 5.91 Å². The molecule has 29 heavy (non-hydrogen) atoms. The molecule has 1 aliphatic rings. The van der Waals surface area contributed by atoms with Gasteiger partial charge in [0.15, 0.2) is 0 Å². The van der Waals surface area contributed by atoms with Crippen LogP contribution in [-0.4, -0.2) is 45.0 Å². The van der Waals surface area contributed by atoms with Crippen molar-refractivity contribution in [1.82, 2.24) is 20.2 Å². The van der Waals surface area contributed by atoms with Crippen molar-refractivity contribution in [2.75, 3.05) is 13.1 Å². The van der Waals surface area contributed by atoms with E-state index in [0.717, 1.165) is 38.7 Å². The van der Waals surface area contributed by atoms with Crippen LogP contribution in [0.15, 0.2) is 59.9 Å². The van der Waals surface area contributed by atoms with Crippen LogP contribution < -0.4 is 5.32 Å². The zero-order valence-corrected chi connectivity index (χ0v) is 16.2. The van der Waals surface area contributed by atoms with Crippen LogP contribution in [0.1, 0.15) is 11.1 Å². The maximum Gasteiger partial charge on any atom is 0.293 e. The highest BCUT2D eigenvalue weighted by Gasteiger charge is 2.34. The molecule has 0 aliphatic carbocycles. The average Bonchev–Trinajstić information content (AvgIpc) is 3.25. The van der Waals surface area contributed by atoms with Gasteiger partial charge in [0.25, 0.3) is 11.1 Å². The summed E-state index contributed by atoms with van der Waals surface area (Å²) in [5.74, 6) is -0.512. The molecular formula is C21H18N4O3S. The van der Waals surface area contributed by atoms with Crippen LogP contribution in [0.5, 0.6) is 0 Å². The topological polar surface area (TPSA) is 95.2 Å². The molecular weight excluding hydrogens is 388 g/mol. The third kappa shape index (κ3) is 4.22. The van der Waals surface area contributed by atoms with E-state index < -0.39 is 0 Å². The molecule has 0 spiro atoms. The van der Waals surface area contributed by atoms with Crippen LogP contribution in [0.25, 0.3) is 17.0 Å². The minimum absolute atomic E-state index is 0.134. The lowest BCUT2D eigenvalue weighted by atomic mass is 10.1. The van der Waals surface area contributed by atoms with E-state index in [9.17, 15) is 14.4 Å². The maximum atomic E-state index is 12.5. The molecule has 0 saturated carbocycles. The van der Waals surface area contributed by atoms with Gasteiger partial charge in [-0.3, -0.25) is 24.3 Å². The molecule has 0 radical (unpaired) electrons. The molecule has 3 amide bonds. The second kappa shape index (κ2) is 8.32. The summed E-state index contributed by atoms with van der Waals surface area (Å²) in [4.78, 5) is 45.5. The Bertz CT molecular complexity index is 1110. The first-order valence-corrected chi connectivity index (χ1v) is 9.90. The van der Waals surface area contributed by atoms with Gasteiger partial charge in [0, 0.05) is 42.6 Å². The average molecular weight is 406 g/mol. The molecule has 0 bridgehead atoms. The lowest BCUT2D eigenvalue weighted by molar-refractivity contribution is -0.124. The second-order valence-corrected chi connectivity index (χ2v) is 7.50. The summed E-state index contributed by atoms with van der Waals surface area (Å²) in [6.07, 6.45) is 6.96. The Morgan fingerprint density at radius 3 is 2.90 bits per heavy atom. The van der Waals surface area contributed by atoms with Crippen molar-refractivity contribution in [1.29, 1.82) is 0 Å². The molecule has 8 heteroatoms. The quantitative estimate of drug-likeness (QED) is 0.614. The van der Waals surface area contributed by atoms with E-state index in [1.165, 1.54) is 0 Å². The van der Waals surface area contributed by atoms with E-state index in [1.54, 1.807) is 24.5 Å². The first kappa shape index (κ1) is 18.9. The number of carbonyl (C=O) groups excluding carboxylic acids is 3. The number of hydrogen-bond donors (Lipinski definition) is 2. The fourth-order valence-corrected chi connectivity index (χ4v) is 3.99. The minimum Gasteiger partial charge on any atom is -0.361 e. The number of pyridine rings is 1. The van der Waals surface area contributed by atoms with Crippen molar-refractivity contribution in [3.05, 3.63) is 71.0 Å². The number of amides is 3. The third-order valence-electron chi connectivity index (χ3n) is 4.54. The summed E-state index contributed by atoms with van der Waals surface area (Å²) in [6.45, 7) is 0.341. The number of aromatic amines is 1. The Hall–Kier alpha value is -3.39. The number of rotatable bonds is 6. The number of thioether (sulfide) groups is 1. The highest BCUT2D eigenvalue weighted by Crippen LogP contribution is 2.31. The third-order valence-corrected chi connectivity index (χ3v) is 5.45. The maximum absolute atomic E-state index is 12.5. The number of carbonyl (C=O) groups is 3. The molecule has 3 aromatic rings. The molecule has 1 aliphatic heterocycles. The van der Waals surface area contributed by atoms with E-state index in [0.29, 0.717) is 4.91 Å². The number of benzene rings is 1. The Balaban J connectivity index is 1.32. The highest BCUT2D eigenvalue weighted by molar-refractivity contribution is 8.18.